The highest BCUT2D eigenvalue weighted by atomic mass is 127. The Hall–Kier alpha value is -1.65. The third-order valence-corrected chi connectivity index (χ3v) is 4.89. The standard InChI is InChI=1S/C20H28Cl2N6O.HI/c1-5-23-19(25-12-16-10-17(21)18(22)28(16)4)24-11-14-6-8-15(9-7-14)27-20(29)26-13(2)3;/h6-10,13H,5,11-12H2,1-4H3,(H2,23,24,25)(H2,26,27,29);1H. The van der Waals surface area contributed by atoms with Gasteiger partial charge >= 0.3 is 6.03 Å². The van der Waals surface area contributed by atoms with E-state index in [0.29, 0.717) is 29.2 Å². The summed E-state index contributed by atoms with van der Waals surface area (Å²) in [5.74, 6) is 0.694. The summed E-state index contributed by atoms with van der Waals surface area (Å²) in [5.41, 5.74) is 2.72. The van der Waals surface area contributed by atoms with Crippen LogP contribution in [0.5, 0.6) is 0 Å². The van der Waals surface area contributed by atoms with E-state index in [1.165, 1.54) is 0 Å². The fourth-order valence-corrected chi connectivity index (χ4v) is 2.98. The van der Waals surface area contributed by atoms with Gasteiger partial charge in [-0.2, -0.15) is 0 Å². The van der Waals surface area contributed by atoms with E-state index < -0.39 is 0 Å². The third kappa shape index (κ3) is 8.23. The molecule has 30 heavy (non-hydrogen) atoms. The summed E-state index contributed by atoms with van der Waals surface area (Å²) in [6.07, 6.45) is 0. The molecule has 2 amide bonds. The lowest BCUT2D eigenvalue weighted by molar-refractivity contribution is 0.250. The van der Waals surface area contributed by atoms with E-state index in [-0.39, 0.29) is 36.0 Å². The van der Waals surface area contributed by atoms with Crippen LogP contribution in [0.4, 0.5) is 10.5 Å². The van der Waals surface area contributed by atoms with Crippen LogP contribution in [0.2, 0.25) is 10.2 Å². The number of benzene rings is 1. The van der Waals surface area contributed by atoms with Gasteiger partial charge in [0.2, 0.25) is 0 Å². The number of urea groups is 1. The highest BCUT2D eigenvalue weighted by molar-refractivity contribution is 14.0. The van der Waals surface area contributed by atoms with Crippen molar-refractivity contribution in [3.8, 4) is 0 Å². The van der Waals surface area contributed by atoms with Gasteiger partial charge in [0, 0.05) is 31.0 Å². The van der Waals surface area contributed by atoms with Crippen molar-refractivity contribution in [2.75, 3.05) is 11.9 Å². The largest absolute Gasteiger partial charge is 0.357 e. The number of guanidine groups is 1. The van der Waals surface area contributed by atoms with Gasteiger partial charge in [-0.3, -0.25) is 0 Å². The highest BCUT2D eigenvalue weighted by Crippen LogP contribution is 2.24. The van der Waals surface area contributed by atoms with Gasteiger partial charge < -0.3 is 25.8 Å². The van der Waals surface area contributed by atoms with Crippen LogP contribution < -0.4 is 21.3 Å². The molecule has 0 aliphatic heterocycles. The van der Waals surface area contributed by atoms with Crippen molar-refractivity contribution in [2.45, 2.75) is 39.9 Å². The highest BCUT2D eigenvalue weighted by Gasteiger charge is 2.09. The summed E-state index contributed by atoms with van der Waals surface area (Å²) >= 11 is 12.2. The Morgan fingerprint density at radius 2 is 1.83 bits per heavy atom. The summed E-state index contributed by atoms with van der Waals surface area (Å²) in [5, 5.41) is 13.1. The molecule has 0 radical (unpaired) electrons. The molecule has 0 fully saturated rings. The average Bonchev–Trinajstić information content (AvgIpc) is 2.91. The van der Waals surface area contributed by atoms with Crippen LogP contribution in [-0.2, 0) is 20.1 Å². The third-order valence-electron chi connectivity index (χ3n) is 4.05. The Morgan fingerprint density at radius 1 is 1.17 bits per heavy atom. The zero-order chi connectivity index (χ0) is 21.4. The van der Waals surface area contributed by atoms with E-state index in [4.69, 9.17) is 23.2 Å². The first-order chi connectivity index (χ1) is 13.8. The second-order valence-corrected chi connectivity index (χ2v) is 7.60. The summed E-state index contributed by atoms with van der Waals surface area (Å²) in [6.45, 7) is 7.63. The Balaban J connectivity index is 0.00000450. The van der Waals surface area contributed by atoms with Crippen LogP contribution in [-0.4, -0.2) is 29.1 Å². The fourth-order valence-electron chi connectivity index (χ4n) is 2.57. The Morgan fingerprint density at radius 3 is 2.37 bits per heavy atom. The molecule has 0 bridgehead atoms. The van der Waals surface area contributed by atoms with Crippen molar-refractivity contribution in [3.63, 3.8) is 0 Å². The maximum absolute atomic E-state index is 11.8. The fraction of sp³-hybridized carbons (Fsp3) is 0.400. The smallest absolute Gasteiger partial charge is 0.319 e. The van der Waals surface area contributed by atoms with Crippen LogP contribution >= 0.6 is 47.2 Å². The molecule has 0 atom stereocenters. The molecule has 0 unspecified atom stereocenters. The minimum Gasteiger partial charge on any atom is -0.357 e. The molecule has 0 saturated heterocycles. The molecule has 7 nitrogen and oxygen atoms in total. The van der Waals surface area contributed by atoms with Gasteiger partial charge in [0.05, 0.1) is 18.1 Å². The molecule has 1 heterocycles. The monoisotopic (exact) mass is 566 g/mol. The quantitative estimate of drug-likeness (QED) is 0.222. The minimum absolute atomic E-state index is 0. The van der Waals surface area contributed by atoms with E-state index in [1.807, 2.05) is 62.7 Å². The van der Waals surface area contributed by atoms with Gasteiger partial charge in [-0.25, -0.2) is 9.79 Å². The molecule has 0 aliphatic rings. The molecule has 2 aromatic rings. The van der Waals surface area contributed by atoms with Gasteiger partial charge in [0.1, 0.15) is 5.15 Å². The molecule has 0 saturated carbocycles. The van der Waals surface area contributed by atoms with Crippen molar-refractivity contribution in [1.29, 1.82) is 0 Å². The minimum atomic E-state index is -0.217. The first-order valence-electron chi connectivity index (χ1n) is 9.48. The normalized spacial score (nSPS) is 11.1. The van der Waals surface area contributed by atoms with Gasteiger partial charge in [-0.15, -0.1) is 24.0 Å². The molecule has 2 rings (SSSR count). The van der Waals surface area contributed by atoms with Crippen LogP contribution in [0.3, 0.4) is 0 Å². The molecule has 4 N–H and O–H groups in total. The van der Waals surface area contributed by atoms with Crippen LogP contribution in [0.1, 0.15) is 32.0 Å². The molecule has 1 aromatic heterocycles. The number of nitrogens with zero attached hydrogens (tertiary/aromatic N) is 2. The molecular weight excluding hydrogens is 538 g/mol. The molecule has 1 aromatic carbocycles. The summed E-state index contributed by atoms with van der Waals surface area (Å²) < 4.78 is 1.83. The topological polar surface area (TPSA) is 82.5 Å². The van der Waals surface area contributed by atoms with E-state index >= 15 is 0 Å². The lowest BCUT2D eigenvalue weighted by Gasteiger charge is -2.12. The van der Waals surface area contributed by atoms with Gasteiger partial charge in [0.15, 0.2) is 5.96 Å². The van der Waals surface area contributed by atoms with Crippen molar-refractivity contribution < 1.29 is 4.79 Å². The number of halogens is 3. The van der Waals surface area contributed by atoms with Crippen molar-refractivity contribution in [3.05, 3.63) is 51.8 Å². The number of aliphatic imine (C=N–C) groups is 1. The number of hydrogen-bond donors (Lipinski definition) is 4. The van der Waals surface area contributed by atoms with Gasteiger partial charge in [-0.1, -0.05) is 35.3 Å². The molecule has 10 heteroatoms. The zero-order valence-electron chi connectivity index (χ0n) is 17.6. The predicted octanol–water partition coefficient (Wildman–Crippen LogP) is 4.74. The number of aromatic nitrogens is 1. The van der Waals surface area contributed by atoms with Crippen LogP contribution in [0.25, 0.3) is 0 Å². The summed E-state index contributed by atoms with van der Waals surface area (Å²) in [4.78, 5) is 16.4. The van der Waals surface area contributed by atoms with Gasteiger partial charge in [0.25, 0.3) is 0 Å². The van der Waals surface area contributed by atoms with Crippen molar-refractivity contribution in [2.24, 2.45) is 12.0 Å². The van der Waals surface area contributed by atoms with Crippen molar-refractivity contribution in [1.82, 2.24) is 20.5 Å². The summed E-state index contributed by atoms with van der Waals surface area (Å²) in [7, 11) is 1.87. The summed E-state index contributed by atoms with van der Waals surface area (Å²) in [6, 6.07) is 9.30. The Labute approximate surface area is 205 Å². The molecule has 0 spiro atoms. The lowest BCUT2D eigenvalue weighted by Crippen LogP contribution is -2.37. The molecule has 166 valence electrons. The Bertz CT molecular complexity index is 852. The first-order valence-corrected chi connectivity index (χ1v) is 10.2. The Kier molecular flexibility index (Phi) is 11.4. The number of nitrogens with one attached hydrogen (secondary N) is 4. The molecule has 0 aliphatic carbocycles. The van der Waals surface area contributed by atoms with Crippen LogP contribution in [0, 0.1) is 0 Å². The number of carbonyl (C=O) groups is 1. The maximum Gasteiger partial charge on any atom is 0.319 e. The van der Waals surface area contributed by atoms with Crippen molar-refractivity contribution >= 4 is 64.9 Å². The number of hydrogen-bond acceptors (Lipinski definition) is 2. The number of rotatable bonds is 7. The molecular formula is C20H29Cl2IN6O. The number of amides is 2. The number of carbonyl (C=O) groups excluding carboxylic acids is 1. The average molecular weight is 567 g/mol. The van der Waals surface area contributed by atoms with Gasteiger partial charge in [-0.05, 0) is 44.5 Å². The first kappa shape index (κ1) is 26.4. The number of anilines is 1. The predicted molar refractivity (Wildman–Crippen MR) is 136 cm³/mol. The lowest BCUT2D eigenvalue weighted by atomic mass is 10.2. The van der Waals surface area contributed by atoms with Crippen LogP contribution in [0.15, 0.2) is 35.3 Å². The van der Waals surface area contributed by atoms with E-state index in [2.05, 4.69) is 26.3 Å². The van der Waals surface area contributed by atoms with E-state index in [0.717, 1.165) is 23.5 Å². The van der Waals surface area contributed by atoms with E-state index in [9.17, 15) is 4.79 Å². The van der Waals surface area contributed by atoms with E-state index in [1.54, 1.807) is 0 Å². The second-order valence-electron chi connectivity index (χ2n) is 6.83. The zero-order valence-corrected chi connectivity index (χ0v) is 21.4. The SMILES string of the molecule is CCNC(=NCc1ccc(NC(=O)NC(C)C)cc1)NCc1cc(Cl)c(Cl)n1C.I. The second kappa shape index (κ2) is 12.9. The maximum atomic E-state index is 11.8.